The number of nitrogens with zero attached hydrogens (tertiary/aromatic N) is 2. The molecule has 0 unspecified atom stereocenters. The predicted octanol–water partition coefficient (Wildman–Crippen LogP) is 1.79. The van der Waals surface area contributed by atoms with Crippen LogP contribution in [0.15, 0.2) is 30.7 Å². The lowest BCUT2D eigenvalue weighted by atomic mass is 9.78. The number of aliphatic hydroxyl groups excluding tert-OH is 1. The molecule has 2 N–H and O–H groups in total. The summed E-state index contributed by atoms with van der Waals surface area (Å²) in [6, 6.07) is 5.59. The number of hydrogen-bond acceptors (Lipinski definition) is 6. The second kappa shape index (κ2) is 6.48. The van der Waals surface area contributed by atoms with Gasteiger partial charge >= 0.3 is 0 Å². The first-order valence-electron chi connectivity index (χ1n) is 9.18. The summed E-state index contributed by atoms with van der Waals surface area (Å²) < 4.78 is 16.9. The lowest BCUT2D eigenvalue weighted by Crippen LogP contribution is -2.42. The van der Waals surface area contributed by atoms with Crippen LogP contribution in [0.2, 0.25) is 0 Å². The topological polar surface area (TPSA) is 79.8 Å². The van der Waals surface area contributed by atoms with Crippen molar-refractivity contribution in [2.24, 2.45) is 11.8 Å². The standard InChI is InChI=1S/C19H23N3O4/c23-16-3-12-7-22(9-14-6-20-10-21-14)8-13(12)4-18(16)26-15-1-2-17-19(5-15)25-11-24-17/h1-2,5-6,10,12-13,16,18,23H,3-4,7-9,11H2,(H,20,21)/t12-,13+,16+,18+/m0/s1. The van der Waals surface area contributed by atoms with E-state index in [9.17, 15) is 5.11 Å². The molecule has 0 radical (unpaired) electrons. The zero-order chi connectivity index (χ0) is 17.5. The van der Waals surface area contributed by atoms with E-state index in [0.29, 0.717) is 17.6 Å². The van der Waals surface area contributed by atoms with E-state index in [1.807, 2.05) is 24.4 Å². The molecule has 3 heterocycles. The van der Waals surface area contributed by atoms with Crippen molar-refractivity contribution in [3.05, 3.63) is 36.4 Å². The van der Waals surface area contributed by atoms with Crippen molar-refractivity contribution in [1.29, 1.82) is 0 Å². The Bertz CT molecular complexity index is 766. The van der Waals surface area contributed by atoms with Crippen molar-refractivity contribution in [1.82, 2.24) is 14.9 Å². The molecular weight excluding hydrogens is 334 g/mol. The van der Waals surface area contributed by atoms with Crippen LogP contribution < -0.4 is 14.2 Å². The summed E-state index contributed by atoms with van der Waals surface area (Å²) in [6.07, 6.45) is 4.65. The van der Waals surface area contributed by atoms with Crippen LogP contribution in [0.1, 0.15) is 18.5 Å². The van der Waals surface area contributed by atoms with Gasteiger partial charge in [0.2, 0.25) is 6.79 Å². The molecule has 0 amide bonds. The van der Waals surface area contributed by atoms with Gasteiger partial charge in [-0.2, -0.15) is 0 Å². The summed E-state index contributed by atoms with van der Waals surface area (Å²) >= 11 is 0. The summed E-state index contributed by atoms with van der Waals surface area (Å²) in [4.78, 5) is 9.70. The van der Waals surface area contributed by atoms with Crippen molar-refractivity contribution >= 4 is 0 Å². The molecule has 1 aliphatic carbocycles. The number of aromatic nitrogens is 2. The van der Waals surface area contributed by atoms with Gasteiger partial charge in [-0.25, -0.2) is 4.98 Å². The van der Waals surface area contributed by atoms with Gasteiger partial charge in [0.25, 0.3) is 0 Å². The molecule has 1 aromatic heterocycles. The number of aliphatic hydroxyl groups is 1. The molecule has 7 nitrogen and oxygen atoms in total. The summed E-state index contributed by atoms with van der Waals surface area (Å²) in [5.41, 5.74) is 1.14. The highest BCUT2D eigenvalue weighted by molar-refractivity contribution is 5.47. The first-order chi connectivity index (χ1) is 12.7. The summed E-state index contributed by atoms with van der Waals surface area (Å²) in [7, 11) is 0. The molecule has 2 aliphatic heterocycles. The minimum absolute atomic E-state index is 0.177. The van der Waals surface area contributed by atoms with Gasteiger partial charge in [0.15, 0.2) is 11.5 Å². The zero-order valence-corrected chi connectivity index (χ0v) is 14.5. The highest BCUT2D eigenvalue weighted by Crippen LogP contribution is 2.40. The quantitative estimate of drug-likeness (QED) is 0.868. The van der Waals surface area contributed by atoms with Crippen LogP contribution in [-0.2, 0) is 6.54 Å². The Morgan fingerprint density at radius 2 is 2.04 bits per heavy atom. The molecule has 138 valence electrons. The van der Waals surface area contributed by atoms with E-state index in [1.165, 1.54) is 0 Å². The maximum absolute atomic E-state index is 10.6. The van der Waals surface area contributed by atoms with Crippen molar-refractivity contribution in [2.75, 3.05) is 19.9 Å². The number of ether oxygens (including phenoxy) is 3. The minimum atomic E-state index is -0.436. The van der Waals surface area contributed by atoms with Gasteiger partial charge in [-0.05, 0) is 36.8 Å². The van der Waals surface area contributed by atoms with E-state index < -0.39 is 6.10 Å². The number of fused-ring (bicyclic) bond motifs is 2. The largest absolute Gasteiger partial charge is 0.488 e. The van der Waals surface area contributed by atoms with Gasteiger partial charge in [-0.3, -0.25) is 4.90 Å². The molecule has 26 heavy (non-hydrogen) atoms. The fourth-order valence-corrected chi connectivity index (χ4v) is 4.48. The number of nitrogens with one attached hydrogen (secondary N) is 1. The third-order valence-electron chi connectivity index (χ3n) is 5.74. The van der Waals surface area contributed by atoms with Crippen LogP contribution in [0.3, 0.4) is 0 Å². The van der Waals surface area contributed by atoms with Crippen molar-refractivity contribution in [2.45, 2.75) is 31.6 Å². The van der Waals surface area contributed by atoms with Gasteiger partial charge < -0.3 is 24.3 Å². The van der Waals surface area contributed by atoms with Crippen LogP contribution in [0.5, 0.6) is 17.2 Å². The number of aromatic amines is 1. The maximum Gasteiger partial charge on any atom is 0.231 e. The molecule has 5 rings (SSSR count). The summed E-state index contributed by atoms with van der Waals surface area (Å²) in [5.74, 6) is 3.26. The van der Waals surface area contributed by atoms with Gasteiger partial charge in [0, 0.05) is 37.6 Å². The van der Waals surface area contributed by atoms with E-state index >= 15 is 0 Å². The number of benzene rings is 1. The number of hydrogen-bond donors (Lipinski definition) is 2. The van der Waals surface area contributed by atoms with Crippen molar-refractivity contribution in [3.8, 4) is 17.2 Å². The molecule has 2 aromatic rings. The van der Waals surface area contributed by atoms with Gasteiger partial charge in [0.1, 0.15) is 11.9 Å². The van der Waals surface area contributed by atoms with Gasteiger partial charge in [0.05, 0.1) is 12.4 Å². The maximum atomic E-state index is 10.6. The van der Waals surface area contributed by atoms with Crippen LogP contribution in [0.4, 0.5) is 0 Å². The lowest BCUT2D eigenvalue weighted by molar-refractivity contribution is -0.0232. The fourth-order valence-electron chi connectivity index (χ4n) is 4.48. The van der Waals surface area contributed by atoms with Crippen molar-refractivity contribution < 1.29 is 19.3 Å². The van der Waals surface area contributed by atoms with Gasteiger partial charge in [-0.1, -0.05) is 0 Å². The van der Waals surface area contributed by atoms with E-state index in [0.717, 1.165) is 49.7 Å². The number of rotatable bonds is 4. The van der Waals surface area contributed by atoms with Crippen LogP contribution in [-0.4, -0.2) is 52.1 Å². The Hall–Kier alpha value is -2.25. The number of imidazole rings is 1. The zero-order valence-electron chi connectivity index (χ0n) is 14.5. The smallest absolute Gasteiger partial charge is 0.231 e. The summed E-state index contributed by atoms with van der Waals surface area (Å²) in [6.45, 7) is 3.20. The molecule has 1 aromatic carbocycles. The molecule has 3 aliphatic rings. The summed E-state index contributed by atoms with van der Waals surface area (Å²) in [5, 5.41) is 10.6. The average Bonchev–Trinajstić information content (AvgIpc) is 3.35. The SMILES string of the molecule is O[C@@H]1C[C@H]2CN(Cc3cnc[nH]3)C[C@H]2C[C@H]1Oc1ccc2c(c1)OCO2. The Morgan fingerprint density at radius 1 is 1.19 bits per heavy atom. The highest BCUT2D eigenvalue weighted by Gasteiger charge is 2.42. The van der Waals surface area contributed by atoms with E-state index in [2.05, 4.69) is 14.9 Å². The van der Waals surface area contributed by atoms with Crippen LogP contribution >= 0.6 is 0 Å². The highest BCUT2D eigenvalue weighted by atomic mass is 16.7. The van der Waals surface area contributed by atoms with Gasteiger partial charge in [-0.15, -0.1) is 0 Å². The molecular formula is C19H23N3O4. The van der Waals surface area contributed by atoms with Crippen LogP contribution in [0, 0.1) is 11.8 Å². The molecule has 2 fully saturated rings. The molecule has 1 saturated heterocycles. The second-order valence-corrected chi connectivity index (χ2v) is 7.50. The number of H-pyrrole nitrogens is 1. The molecule has 4 atom stereocenters. The Kier molecular flexibility index (Phi) is 3.98. The van der Waals surface area contributed by atoms with E-state index in [4.69, 9.17) is 14.2 Å². The molecule has 1 saturated carbocycles. The molecule has 0 bridgehead atoms. The van der Waals surface area contributed by atoms with Crippen LogP contribution in [0.25, 0.3) is 0 Å². The first-order valence-corrected chi connectivity index (χ1v) is 9.18. The third kappa shape index (κ3) is 3.01. The first kappa shape index (κ1) is 16.0. The van der Waals surface area contributed by atoms with Crippen molar-refractivity contribution in [3.63, 3.8) is 0 Å². The monoisotopic (exact) mass is 357 g/mol. The fraction of sp³-hybridized carbons (Fsp3) is 0.526. The van der Waals surface area contributed by atoms with E-state index in [-0.39, 0.29) is 12.9 Å². The average molecular weight is 357 g/mol. The Labute approximate surface area is 151 Å². The molecule has 0 spiro atoms. The Morgan fingerprint density at radius 3 is 2.88 bits per heavy atom. The second-order valence-electron chi connectivity index (χ2n) is 7.50. The lowest BCUT2D eigenvalue weighted by Gasteiger charge is -2.35. The number of likely N-dealkylation sites (tertiary alicyclic amines) is 1. The normalized spacial score (nSPS) is 30.3. The minimum Gasteiger partial charge on any atom is -0.488 e. The third-order valence-corrected chi connectivity index (χ3v) is 5.74. The predicted molar refractivity (Wildman–Crippen MR) is 93.1 cm³/mol. The molecule has 7 heteroatoms. The van der Waals surface area contributed by atoms with E-state index in [1.54, 1.807) is 6.33 Å². The Balaban J connectivity index is 1.23.